The smallest absolute Gasteiger partial charge is 0.274 e. The van der Waals surface area contributed by atoms with Gasteiger partial charge in [0, 0.05) is 36.9 Å². The number of β-amino-alcohol motifs (C(OH)–C–C–N with tert-alkyl or cyclic N) is 1. The number of rotatable bonds is 1. The zero-order valence-electron chi connectivity index (χ0n) is 15.2. The zero-order valence-corrected chi connectivity index (χ0v) is 16.0. The minimum Gasteiger partial charge on any atom is -0.389 e. The van der Waals surface area contributed by atoms with E-state index in [1.54, 1.807) is 22.4 Å². The van der Waals surface area contributed by atoms with Crippen LogP contribution in [0.5, 0.6) is 0 Å². The second kappa shape index (κ2) is 6.15. The molecule has 1 spiro atoms. The Balaban J connectivity index is 1.34. The van der Waals surface area contributed by atoms with Gasteiger partial charge in [-0.2, -0.15) is 0 Å². The van der Waals surface area contributed by atoms with Gasteiger partial charge in [-0.3, -0.25) is 9.20 Å². The lowest BCUT2D eigenvalue weighted by Gasteiger charge is -2.48. The van der Waals surface area contributed by atoms with Crippen molar-refractivity contribution in [2.24, 2.45) is 0 Å². The number of nitrogens with zero attached hydrogens (tertiary/aromatic N) is 3. The number of carbonyl (C=O) groups excluding carboxylic acids is 1. The number of fused-ring (bicyclic) bond motifs is 2. The van der Waals surface area contributed by atoms with Crippen LogP contribution in [0.3, 0.4) is 0 Å². The number of nitrogens with one attached hydrogen (secondary N) is 1. The normalized spacial score (nSPS) is 25.1. The molecule has 1 fully saturated rings. The number of piperidine rings is 1. The van der Waals surface area contributed by atoms with Crippen molar-refractivity contribution in [3.05, 3.63) is 58.4 Å². The molecule has 2 aliphatic rings. The Labute approximate surface area is 161 Å². The van der Waals surface area contributed by atoms with Crippen molar-refractivity contribution in [3.8, 4) is 0 Å². The second-order valence-corrected chi connectivity index (χ2v) is 8.84. The first-order valence-electron chi connectivity index (χ1n) is 9.28. The highest BCUT2D eigenvalue weighted by Crippen LogP contribution is 2.32. The van der Waals surface area contributed by atoms with Crippen molar-refractivity contribution < 1.29 is 9.90 Å². The van der Waals surface area contributed by atoms with Crippen LogP contribution in [0.2, 0.25) is 0 Å². The summed E-state index contributed by atoms with van der Waals surface area (Å²) in [6, 6.07) is 8.37. The SMILES string of the molecule is Cc1cn2cc(C(=O)N3CC[C@]4(Cc5ccccc5CN4)[C@H](O)C3)nc2s1. The fraction of sp³-hybridized carbons (Fsp3) is 0.400. The summed E-state index contributed by atoms with van der Waals surface area (Å²) in [5.41, 5.74) is 2.69. The highest BCUT2D eigenvalue weighted by atomic mass is 32.1. The first kappa shape index (κ1) is 16.9. The van der Waals surface area contributed by atoms with Crippen LogP contribution in [0.25, 0.3) is 4.96 Å². The van der Waals surface area contributed by atoms with Crippen LogP contribution in [0, 0.1) is 6.92 Å². The van der Waals surface area contributed by atoms with Crippen molar-refractivity contribution in [3.63, 3.8) is 0 Å². The van der Waals surface area contributed by atoms with Gasteiger partial charge < -0.3 is 15.3 Å². The van der Waals surface area contributed by atoms with Crippen LogP contribution in [0.4, 0.5) is 0 Å². The van der Waals surface area contributed by atoms with Gasteiger partial charge in [-0.25, -0.2) is 4.98 Å². The molecule has 3 aromatic rings. The highest BCUT2D eigenvalue weighted by Gasteiger charge is 2.45. The molecule has 0 radical (unpaired) electrons. The zero-order chi connectivity index (χ0) is 18.6. The number of likely N-dealkylation sites (tertiary alicyclic amines) is 1. The molecule has 0 bridgehead atoms. The Hall–Kier alpha value is -2.22. The third kappa shape index (κ3) is 2.77. The highest BCUT2D eigenvalue weighted by molar-refractivity contribution is 7.17. The first-order chi connectivity index (χ1) is 13.0. The number of aliphatic hydroxyl groups is 1. The molecule has 140 valence electrons. The lowest BCUT2D eigenvalue weighted by molar-refractivity contribution is -0.0140. The molecule has 1 saturated heterocycles. The van der Waals surface area contributed by atoms with Gasteiger partial charge >= 0.3 is 0 Å². The van der Waals surface area contributed by atoms with Crippen LogP contribution >= 0.6 is 11.3 Å². The predicted molar refractivity (Wildman–Crippen MR) is 104 cm³/mol. The molecule has 0 unspecified atom stereocenters. The Kier molecular flexibility index (Phi) is 3.86. The molecule has 0 saturated carbocycles. The summed E-state index contributed by atoms with van der Waals surface area (Å²) >= 11 is 1.57. The van der Waals surface area contributed by atoms with E-state index < -0.39 is 6.10 Å². The standard InChI is InChI=1S/C20H22N4O2S/c1-13-10-24-11-16(22-19(24)27-13)18(26)23-7-6-20(17(25)12-23)8-14-4-2-3-5-15(14)9-21-20/h2-5,10-11,17,21,25H,6-9,12H2,1H3/t17-,20+/m1/s1. The molecule has 2 atom stereocenters. The van der Waals surface area contributed by atoms with Crippen molar-refractivity contribution >= 4 is 22.2 Å². The van der Waals surface area contributed by atoms with Crippen LogP contribution in [0.1, 0.15) is 32.9 Å². The maximum Gasteiger partial charge on any atom is 0.274 e. The number of thiazole rings is 1. The van der Waals surface area contributed by atoms with Crippen LogP contribution in [-0.4, -0.2) is 50.0 Å². The van der Waals surface area contributed by atoms with E-state index in [1.165, 1.54) is 11.1 Å². The molecular weight excluding hydrogens is 360 g/mol. The minimum absolute atomic E-state index is 0.103. The molecule has 2 aromatic heterocycles. The molecule has 2 N–H and O–H groups in total. The summed E-state index contributed by atoms with van der Waals surface area (Å²) in [5, 5.41) is 14.5. The third-order valence-electron chi connectivity index (χ3n) is 5.89. The van der Waals surface area contributed by atoms with Gasteiger partial charge in [-0.1, -0.05) is 24.3 Å². The quantitative estimate of drug-likeness (QED) is 0.675. The molecule has 6 nitrogen and oxygen atoms in total. The van der Waals surface area contributed by atoms with Crippen molar-refractivity contribution in [2.75, 3.05) is 13.1 Å². The van der Waals surface area contributed by atoms with Gasteiger partial charge in [0.1, 0.15) is 5.69 Å². The Morgan fingerprint density at radius 1 is 1.33 bits per heavy atom. The van der Waals surface area contributed by atoms with Crippen LogP contribution in [0.15, 0.2) is 36.7 Å². The van der Waals surface area contributed by atoms with Gasteiger partial charge in [0.2, 0.25) is 0 Å². The maximum absolute atomic E-state index is 12.9. The van der Waals surface area contributed by atoms with Crippen molar-refractivity contribution in [1.29, 1.82) is 0 Å². The van der Waals surface area contributed by atoms with Crippen LogP contribution in [-0.2, 0) is 13.0 Å². The van der Waals surface area contributed by atoms with E-state index in [0.29, 0.717) is 18.8 Å². The molecule has 2 aliphatic heterocycles. The second-order valence-electron chi connectivity index (χ2n) is 7.63. The van der Waals surface area contributed by atoms with Gasteiger partial charge in [-0.15, -0.1) is 11.3 Å². The van der Waals surface area contributed by atoms with Gasteiger partial charge in [0.25, 0.3) is 5.91 Å². The molecule has 4 heterocycles. The van der Waals surface area contributed by atoms with Crippen LogP contribution < -0.4 is 5.32 Å². The average molecular weight is 382 g/mol. The maximum atomic E-state index is 12.9. The predicted octanol–water partition coefficient (Wildman–Crippen LogP) is 2.00. The molecule has 1 amide bonds. The summed E-state index contributed by atoms with van der Waals surface area (Å²) in [7, 11) is 0. The van der Waals surface area contributed by atoms with E-state index in [1.807, 2.05) is 23.6 Å². The number of aryl methyl sites for hydroxylation is 1. The lowest BCUT2D eigenvalue weighted by atomic mass is 9.76. The molecule has 1 aromatic carbocycles. The summed E-state index contributed by atoms with van der Waals surface area (Å²) in [6.45, 7) is 3.74. The van der Waals surface area contributed by atoms with E-state index in [2.05, 4.69) is 28.5 Å². The fourth-order valence-corrected chi connectivity index (χ4v) is 5.13. The monoisotopic (exact) mass is 382 g/mol. The minimum atomic E-state index is -0.602. The van der Waals surface area contributed by atoms with Crippen molar-refractivity contribution in [2.45, 2.75) is 38.0 Å². The fourth-order valence-electron chi connectivity index (χ4n) is 4.32. The van der Waals surface area contributed by atoms with E-state index in [-0.39, 0.29) is 11.4 Å². The first-order valence-corrected chi connectivity index (χ1v) is 10.1. The summed E-state index contributed by atoms with van der Waals surface area (Å²) < 4.78 is 1.90. The number of aliphatic hydroxyl groups excluding tert-OH is 1. The largest absolute Gasteiger partial charge is 0.389 e. The number of aromatic nitrogens is 2. The van der Waals surface area contributed by atoms with E-state index in [9.17, 15) is 9.90 Å². The van der Waals surface area contributed by atoms with Gasteiger partial charge in [0.15, 0.2) is 4.96 Å². The summed E-state index contributed by atoms with van der Waals surface area (Å²) in [6.07, 6.45) is 4.69. The molecule has 5 rings (SSSR count). The average Bonchev–Trinajstić information content (AvgIpc) is 3.21. The Bertz CT molecular complexity index is 995. The lowest BCUT2D eigenvalue weighted by Crippen LogP contribution is -2.65. The molecule has 0 aliphatic carbocycles. The summed E-state index contributed by atoms with van der Waals surface area (Å²) in [5.74, 6) is -0.103. The topological polar surface area (TPSA) is 69.9 Å². The van der Waals surface area contributed by atoms with E-state index in [4.69, 9.17) is 0 Å². The number of imidazole rings is 1. The number of hydrogen-bond acceptors (Lipinski definition) is 5. The molecular formula is C20H22N4O2S. The number of benzene rings is 1. The van der Waals surface area contributed by atoms with E-state index >= 15 is 0 Å². The molecule has 7 heteroatoms. The van der Waals surface area contributed by atoms with Gasteiger partial charge in [-0.05, 0) is 30.9 Å². The third-order valence-corrected chi connectivity index (χ3v) is 6.80. The molecule has 27 heavy (non-hydrogen) atoms. The van der Waals surface area contributed by atoms with E-state index in [0.717, 1.165) is 29.2 Å². The van der Waals surface area contributed by atoms with Gasteiger partial charge in [0.05, 0.1) is 11.6 Å². The number of amides is 1. The number of hydrogen-bond donors (Lipinski definition) is 2. The summed E-state index contributed by atoms with van der Waals surface area (Å²) in [4.78, 5) is 21.1. The van der Waals surface area contributed by atoms with Crippen molar-refractivity contribution in [1.82, 2.24) is 19.6 Å². The Morgan fingerprint density at radius 3 is 2.93 bits per heavy atom. The number of carbonyl (C=O) groups is 1. The Morgan fingerprint density at radius 2 is 2.15 bits per heavy atom.